The molecule has 1 aliphatic heterocycles. The number of benzene rings is 1. The van der Waals surface area contributed by atoms with Crippen LogP contribution in [0.25, 0.3) is 0 Å². The van der Waals surface area contributed by atoms with Crippen LogP contribution in [0.4, 0.5) is 5.69 Å². The number of hydrogen-bond acceptors (Lipinski definition) is 2. The quantitative estimate of drug-likeness (QED) is 0.833. The number of halogens is 1. The van der Waals surface area contributed by atoms with Crippen molar-refractivity contribution in [3.63, 3.8) is 0 Å². The van der Waals surface area contributed by atoms with Gasteiger partial charge in [-0.2, -0.15) is 0 Å². The van der Waals surface area contributed by atoms with Crippen LogP contribution in [-0.4, -0.2) is 18.2 Å². The minimum absolute atomic E-state index is 0.231. The second-order valence-electron chi connectivity index (χ2n) is 6.34. The van der Waals surface area contributed by atoms with Crippen LogP contribution in [0.1, 0.15) is 50.5 Å². The summed E-state index contributed by atoms with van der Waals surface area (Å²) in [4.78, 5) is 0. The Hall–Kier alpha value is -0.540. The second kappa shape index (κ2) is 6.07. The molecule has 0 aromatic heterocycles. The van der Waals surface area contributed by atoms with Crippen LogP contribution in [-0.2, 0) is 4.74 Å². The van der Waals surface area contributed by atoms with Crippen molar-refractivity contribution >= 4 is 21.6 Å². The van der Waals surface area contributed by atoms with E-state index in [1.165, 1.54) is 60.7 Å². The molecule has 1 saturated heterocycles. The molecule has 1 spiro atoms. The fraction of sp³-hybridized carbons (Fsp3) is 0.647. The summed E-state index contributed by atoms with van der Waals surface area (Å²) in [7, 11) is 0. The Bertz CT molecular complexity index is 468. The van der Waals surface area contributed by atoms with Crippen molar-refractivity contribution in [3.8, 4) is 0 Å². The van der Waals surface area contributed by atoms with E-state index in [9.17, 15) is 0 Å². The van der Waals surface area contributed by atoms with Gasteiger partial charge in [0.25, 0.3) is 0 Å². The van der Waals surface area contributed by atoms with Gasteiger partial charge < -0.3 is 10.1 Å². The molecule has 0 amide bonds. The van der Waals surface area contributed by atoms with Gasteiger partial charge in [0.2, 0.25) is 0 Å². The first-order valence-corrected chi connectivity index (χ1v) is 8.65. The summed E-state index contributed by atoms with van der Waals surface area (Å²) >= 11 is 3.66. The minimum atomic E-state index is 0.231. The van der Waals surface area contributed by atoms with Crippen LogP contribution in [0.5, 0.6) is 0 Å². The van der Waals surface area contributed by atoms with Gasteiger partial charge >= 0.3 is 0 Å². The number of nitrogens with one attached hydrogen (secondary N) is 1. The van der Waals surface area contributed by atoms with Crippen LogP contribution >= 0.6 is 15.9 Å². The molecule has 0 bridgehead atoms. The lowest BCUT2D eigenvalue weighted by Crippen LogP contribution is -2.33. The molecule has 20 heavy (non-hydrogen) atoms. The van der Waals surface area contributed by atoms with Gasteiger partial charge in [0, 0.05) is 16.7 Å². The van der Waals surface area contributed by atoms with Crippen molar-refractivity contribution in [3.05, 3.63) is 28.2 Å². The third-order valence-electron chi connectivity index (χ3n) is 4.82. The first-order chi connectivity index (χ1) is 9.69. The summed E-state index contributed by atoms with van der Waals surface area (Å²) in [5.74, 6) is 0. The molecule has 1 heterocycles. The van der Waals surface area contributed by atoms with Gasteiger partial charge in [0.1, 0.15) is 0 Å². The zero-order chi connectivity index (χ0) is 14.0. The average molecular weight is 338 g/mol. The molecule has 1 unspecified atom stereocenters. The molecule has 110 valence electrons. The third kappa shape index (κ3) is 3.04. The van der Waals surface area contributed by atoms with E-state index in [0.717, 1.165) is 6.54 Å². The molecule has 3 heteroatoms. The maximum absolute atomic E-state index is 6.40. The molecule has 1 saturated carbocycles. The summed E-state index contributed by atoms with van der Waals surface area (Å²) < 4.78 is 7.58. The van der Waals surface area contributed by atoms with Crippen molar-refractivity contribution in [2.75, 3.05) is 11.9 Å². The molecule has 3 rings (SSSR count). The number of hydrogen-bond donors (Lipinski definition) is 1. The van der Waals surface area contributed by atoms with Crippen LogP contribution < -0.4 is 5.32 Å². The zero-order valence-electron chi connectivity index (χ0n) is 12.3. The number of rotatable bonds is 3. The van der Waals surface area contributed by atoms with Gasteiger partial charge in [-0.05, 0) is 60.2 Å². The van der Waals surface area contributed by atoms with E-state index < -0.39 is 0 Å². The summed E-state index contributed by atoms with van der Waals surface area (Å²) in [6, 6.07) is 6.35. The third-order valence-corrected chi connectivity index (χ3v) is 5.87. The Kier molecular flexibility index (Phi) is 4.37. The molecule has 1 aromatic carbocycles. The highest BCUT2D eigenvalue weighted by molar-refractivity contribution is 9.10. The lowest BCUT2D eigenvalue weighted by molar-refractivity contribution is -0.0588. The van der Waals surface area contributed by atoms with Gasteiger partial charge in [0.05, 0.1) is 11.7 Å². The number of ether oxygens (including phenoxy) is 1. The van der Waals surface area contributed by atoms with E-state index in [1.807, 2.05) is 0 Å². The fourth-order valence-corrected chi connectivity index (χ4v) is 4.02. The lowest BCUT2D eigenvalue weighted by atomic mass is 9.83. The molecule has 2 nitrogen and oxygen atoms in total. The van der Waals surface area contributed by atoms with E-state index in [0.29, 0.717) is 6.10 Å². The average Bonchev–Trinajstić information content (AvgIpc) is 2.84. The van der Waals surface area contributed by atoms with Crippen molar-refractivity contribution in [2.24, 2.45) is 0 Å². The van der Waals surface area contributed by atoms with Gasteiger partial charge in [-0.15, -0.1) is 0 Å². The Labute approximate surface area is 130 Å². The summed E-state index contributed by atoms with van der Waals surface area (Å²) in [6.45, 7) is 3.04. The topological polar surface area (TPSA) is 21.3 Å². The van der Waals surface area contributed by atoms with Crippen molar-refractivity contribution in [1.29, 1.82) is 0 Å². The van der Waals surface area contributed by atoms with Crippen molar-refractivity contribution in [1.82, 2.24) is 0 Å². The Morgan fingerprint density at radius 2 is 2.05 bits per heavy atom. The first-order valence-electron chi connectivity index (χ1n) is 7.85. The standard InChI is InChI=1S/C17H24BrNO/c1-13-6-5-7-15(16(13)18)19-12-14-8-11-17(20-14)9-3-2-4-10-17/h5-7,14,19H,2-4,8-12H2,1H3. The lowest BCUT2D eigenvalue weighted by Gasteiger charge is -2.33. The Balaban J connectivity index is 1.56. The highest BCUT2D eigenvalue weighted by Crippen LogP contribution is 2.42. The fourth-order valence-electron chi connectivity index (χ4n) is 3.61. The van der Waals surface area contributed by atoms with Gasteiger partial charge in [-0.1, -0.05) is 31.4 Å². The maximum Gasteiger partial charge on any atom is 0.0756 e. The highest BCUT2D eigenvalue weighted by Gasteiger charge is 2.40. The van der Waals surface area contributed by atoms with Crippen molar-refractivity contribution in [2.45, 2.75) is 63.6 Å². The predicted octanol–water partition coefficient (Wildman–Crippen LogP) is 5.05. The molecule has 2 aliphatic rings. The molecule has 2 fully saturated rings. The smallest absolute Gasteiger partial charge is 0.0756 e. The number of aryl methyl sites for hydroxylation is 1. The number of anilines is 1. The summed E-state index contributed by atoms with van der Waals surface area (Å²) in [5, 5.41) is 3.55. The van der Waals surface area contributed by atoms with E-state index in [4.69, 9.17) is 4.74 Å². The first kappa shape index (κ1) is 14.4. The van der Waals surface area contributed by atoms with Gasteiger partial charge in [-0.25, -0.2) is 0 Å². The molecule has 1 aliphatic carbocycles. The molecular weight excluding hydrogens is 314 g/mol. The zero-order valence-corrected chi connectivity index (χ0v) is 13.8. The SMILES string of the molecule is Cc1cccc(NCC2CCC3(CCCCC3)O2)c1Br. The van der Waals surface area contributed by atoms with Crippen LogP contribution in [0.3, 0.4) is 0 Å². The van der Waals surface area contributed by atoms with Crippen LogP contribution in [0.2, 0.25) is 0 Å². The van der Waals surface area contributed by atoms with Gasteiger partial charge in [0.15, 0.2) is 0 Å². The van der Waals surface area contributed by atoms with Crippen LogP contribution in [0, 0.1) is 6.92 Å². The molecule has 1 atom stereocenters. The van der Waals surface area contributed by atoms with Gasteiger partial charge in [-0.3, -0.25) is 0 Å². The Morgan fingerprint density at radius 1 is 1.25 bits per heavy atom. The van der Waals surface area contributed by atoms with E-state index in [1.54, 1.807) is 0 Å². The molecule has 1 aromatic rings. The summed E-state index contributed by atoms with van der Waals surface area (Å²) in [6.07, 6.45) is 9.48. The normalized spacial score (nSPS) is 25.0. The van der Waals surface area contributed by atoms with E-state index in [2.05, 4.69) is 46.4 Å². The second-order valence-corrected chi connectivity index (χ2v) is 7.13. The predicted molar refractivity (Wildman–Crippen MR) is 87.3 cm³/mol. The Morgan fingerprint density at radius 3 is 2.85 bits per heavy atom. The minimum Gasteiger partial charge on any atom is -0.382 e. The molecule has 1 N–H and O–H groups in total. The largest absolute Gasteiger partial charge is 0.382 e. The highest BCUT2D eigenvalue weighted by atomic mass is 79.9. The van der Waals surface area contributed by atoms with Crippen molar-refractivity contribution < 1.29 is 4.74 Å². The monoisotopic (exact) mass is 337 g/mol. The van der Waals surface area contributed by atoms with E-state index >= 15 is 0 Å². The van der Waals surface area contributed by atoms with Crippen LogP contribution in [0.15, 0.2) is 22.7 Å². The van der Waals surface area contributed by atoms with E-state index in [-0.39, 0.29) is 5.60 Å². The maximum atomic E-state index is 6.40. The molecular formula is C17H24BrNO. The summed E-state index contributed by atoms with van der Waals surface area (Å²) in [5.41, 5.74) is 2.68. The molecule has 0 radical (unpaired) electrons.